The van der Waals surface area contributed by atoms with Crippen molar-refractivity contribution in [1.82, 2.24) is 10.6 Å². The molecule has 0 saturated heterocycles. The van der Waals surface area contributed by atoms with Crippen LogP contribution in [0.4, 0.5) is 4.79 Å². The maximum atomic E-state index is 11.5. The summed E-state index contributed by atoms with van der Waals surface area (Å²) >= 11 is 0. The second-order valence-electron chi connectivity index (χ2n) is 4.73. The summed E-state index contributed by atoms with van der Waals surface area (Å²) in [6, 6.07) is 7.07. The van der Waals surface area contributed by atoms with Crippen molar-refractivity contribution in [3.63, 3.8) is 0 Å². The Morgan fingerprint density at radius 2 is 2.00 bits per heavy atom. The first-order valence-corrected chi connectivity index (χ1v) is 6.38. The topological polar surface area (TPSA) is 70.6 Å². The van der Waals surface area contributed by atoms with Crippen molar-refractivity contribution in [2.24, 2.45) is 0 Å². The van der Waals surface area contributed by atoms with Crippen LogP contribution in [0.5, 0.6) is 5.75 Å². The molecule has 0 spiro atoms. The molecule has 0 fully saturated rings. The predicted octanol–water partition coefficient (Wildman–Crippen LogP) is 1.44. The van der Waals surface area contributed by atoms with Crippen molar-refractivity contribution in [1.29, 1.82) is 0 Å². The average molecular weight is 266 g/mol. The predicted molar refractivity (Wildman–Crippen MR) is 74.4 cm³/mol. The Labute approximate surface area is 114 Å². The van der Waals surface area contributed by atoms with Gasteiger partial charge in [-0.3, -0.25) is 0 Å². The number of carbonyl (C=O) groups excluding carboxylic acids is 1. The number of aliphatic hydroxyl groups excluding tert-OH is 1. The van der Waals surface area contributed by atoms with E-state index in [-0.39, 0.29) is 24.7 Å². The molecule has 0 aliphatic rings. The summed E-state index contributed by atoms with van der Waals surface area (Å²) in [5.74, 6) is 0.790. The molecule has 0 radical (unpaired) electrons. The van der Waals surface area contributed by atoms with Crippen molar-refractivity contribution in [3.8, 4) is 5.75 Å². The quantitative estimate of drug-likeness (QED) is 0.729. The first-order chi connectivity index (χ1) is 9.01. The third-order valence-corrected chi connectivity index (χ3v) is 2.52. The fraction of sp³-hybridized carbons (Fsp3) is 0.500. The molecular weight excluding hydrogens is 244 g/mol. The number of hydrogen-bond donors (Lipinski definition) is 3. The van der Waals surface area contributed by atoms with Gasteiger partial charge in [-0.1, -0.05) is 12.1 Å². The SMILES string of the molecule is Cc1cccc(OCC(C)NC(=O)N[C@@H](C)CO)c1. The number of hydrogen-bond acceptors (Lipinski definition) is 3. The minimum Gasteiger partial charge on any atom is -0.491 e. The lowest BCUT2D eigenvalue weighted by Crippen LogP contribution is -2.47. The van der Waals surface area contributed by atoms with E-state index < -0.39 is 0 Å². The molecule has 0 saturated carbocycles. The molecule has 0 aliphatic carbocycles. The van der Waals surface area contributed by atoms with Gasteiger partial charge in [-0.15, -0.1) is 0 Å². The molecule has 19 heavy (non-hydrogen) atoms. The van der Waals surface area contributed by atoms with Crippen LogP contribution in [0, 0.1) is 6.92 Å². The molecule has 5 heteroatoms. The molecule has 5 nitrogen and oxygen atoms in total. The molecular formula is C14H22N2O3. The van der Waals surface area contributed by atoms with E-state index in [1.807, 2.05) is 38.1 Å². The Balaban J connectivity index is 2.31. The summed E-state index contributed by atoms with van der Waals surface area (Å²) in [6.45, 7) is 5.90. The Bertz CT molecular complexity index is 409. The first-order valence-electron chi connectivity index (χ1n) is 6.38. The summed E-state index contributed by atoms with van der Waals surface area (Å²) in [4.78, 5) is 11.5. The second-order valence-corrected chi connectivity index (χ2v) is 4.73. The molecule has 3 N–H and O–H groups in total. The van der Waals surface area contributed by atoms with Crippen molar-refractivity contribution in [2.45, 2.75) is 32.9 Å². The lowest BCUT2D eigenvalue weighted by atomic mass is 10.2. The molecule has 106 valence electrons. The smallest absolute Gasteiger partial charge is 0.315 e. The Morgan fingerprint density at radius 1 is 1.32 bits per heavy atom. The minimum absolute atomic E-state index is 0.0818. The van der Waals surface area contributed by atoms with Gasteiger partial charge in [-0.05, 0) is 38.5 Å². The second kappa shape index (κ2) is 7.63. The molecule has 2 atom stereocenters. The van der Waals surface area contributed by atoms with E-state index in [4.69, 9.17) is 9.84 Å². The van der Waals surface area contributed by atoms with Gasteiger partial charge < -0.3 is 20.5 Å². The summed E-state index contributed by atoms with van der Waals surface area (Å²) in [5.41, 5.74) is 1.13. The van der Waals surface area contributed by atoms with Gasteiger partial charge in [0.05, 0.1) is 18.7 Å². The van der Waals surface area contributed by atoms with Crippen molar-refractivity contribution < 1.29 is 14.6 Å². The van der Waals surface area contributed by atoms with E-state index >= 15 is 0 Å². The van der Waals surface area contributed by atoms with Crippen LogP contribution in [0.3, 0.4) is 0 Å². The summed E-state index contributed by atoms with van der Waals surface area (Å²) in [5, 5.41) is 14.2. The molecule has 0 bridgehead atoms. The number of aryl methyl sites for hydroxylation is 1. The monoisotopic (exact) mass is 266 g/mol. The number of benzene rings is 1. The number of aliphatic hydroxyl groups is 1. The van der Waals surface area contributed by atoms with Gasteiger partial charge in [-0.2, -0.15) is 0 Å². The summed E-state index contributed by atoms with van der Waals surface area (Å²) < 4.78 is 5.59. The lowest BCUT2D eigenvalue weighted by molar-refractivity contribution is 0.211. The molecule has 0 aliphatic heterocycles. The van der Waals surface area contributed by atoms with Crippen LogP contribution < -0.4 is 15.4 Å². The number of carbonyl (C=O) groups is 1. The number of ether oxygens (including phenoxy) is 1. The number of nitrogens with one attached hydrogen (secondary N) is 2. The van der Waals surface area contributed by atoms with E-state index in [2.05, 4.69) is 10.6 Å². The van der Waals surface area contributed by atoms with Gasteiger partial charge in [0.25, 0.3) is 0 Å². The summed E-state index contributed by atoms with van der Waals surface area (Å²) in [7, 11) is 0. The van der Waals surface area contributed by atoms with Crippen LogP contribution >= 0.6 is 0 Å². The fourth-order valence-electron chi connectivity index (χ4n) is 1.50. The zero-order chi connectivity index (χ0) is 14.3. The van der Waals surface area contributed by atoms with Gasteiger partial charge in [0, 0.05) is 0 Å². The van der Waals surface area contributed by atoms with Crippen LogP contribution in [0.15, 0.2) is 24.3 Å². The van der Waals surface area contributed by atoms with Gasteiger partial charge >= 0.3 is 6.03 Å². The van der Waals surface area contributed by atoms with Crippen LogP contribution in [-0.4, -0.2) is 36.4 Å². The zero-order valence-electron chi connectivity index (χ0n) is 11.6. The highest BCUT2D eigenvalue weighted by Gasteiger charge is 2.10. The Morgan fingerprint density at radius 3 is 2.63 bits per heavy atom. The third-order valence-electron chi connectivity index (χ3n) is 2.52. The minimum atomic E-state index is -0.304. The first kappa shape index (κ1) is 15.3. The van der Waals surface area contributed by atoms with E-state index in [0.717, 1.165) is 11.3 Å². The number of rotatable bonds is 6. The highest BCUT2D eigenvalue weighted by atomic mass is 16.5. The molecule has 2 amide bonds. The van der Waals surface area contributed by atoms with Gasteiger partial charge in [0.1, 0.15) is 12.4 Å². The highest BCUT2D eigenvalue weighted by Crippen LogP contribution is 2.12. The molecule has 0 aromatic heterocycles. The van der Waals surface area contributed by atoms with Gasteiger partial charge in [0.15, 0.2) is 0 Å². The number of amides is 2. The fourth-order valence-corrected chi connectivity index (χ4v) is 1.50. The average Bonchev–Trinajstić information content (AvgIpc) is 2.36. The Hall–Kier alpha value is -1.75. The maximum absolute atomic E-state index is 11.5. The van der Waals surface area contributed by atoms with E-state index in [0.29, 0.717) is 6.61 Å². The highest BCUT2D eigenvalue weighted by molar-refractivity contribution is 5.74. The Kier molecular flexibility index (Phi) is 6.15. The van der Waals surface area contributed by atoms with Crippen LogP contribution in [0.2, 0.25) is 0 Å². The molecule has 1 rings (SSSR count). The summed E-state index contributed by atoms with van der Waals surface area (Å²) in [6.07, 6.45) is 0. The molecule has 1 unspecified atom stereocenters. The van der Waals surface area contributed by atoms with Crippen molar-refractivity contribution in [2.75, 3.05) is 13.2 Å². The standard InChI is InChI=1S/C14H22N2O3/c1-10-5-4-6-13(7-10)19-9-12(3)16-14(18)15-11(2)8-17/h4-7,11-12,17H,8-9H2,1-3H3,(H2,15,16,18)/t11-,12?/m0/s1. The molecule has 1 aromatic rings. The van der Waals surface area contributed by atoms with E-state index in [9.17, 15) is 4.79 Å². The van der Waals surface area contributed by atoms with E-state index in [1.54, 1.807) is 6.92 Å². The van der Waals surface area contributed by atoms with Crippen LogP contribution in [0.1, 0.15) is 19.4 Å². The van der Waals surface area contributed by atoms with Crippen molar-refractivity contribution in [3.05, 3.63) is 29.8 Å². The van der Waals surface area contributed by atoms with Crippen LogP contribution in [0.25, 0.3) is 0 Å². The largest absolute Gasteiger partial charge is 0.491 e. The normalized spacial score (nSPS) is 13.5. The lowest BCUT2D eigenvalue weighted by Gasteiger charge is -2.17. The van der Waals surface area contributed by atoms with E-state index in [1.165, 1.54) is 0 Å². The van der Waals surface area contributed by atoms with Crippen molar-refractivity contribution >= 4 is 6.03 Å². The zero-order valence-corrected chi connectivity index (χ0v) is 11.6. The maximum Gasteiger partial charge on any atom is 0.315 e. The molecule has 0 heterocycles. The third kappa shape index (κ3) is 6.10. The van der Waals surface area contributed by atoms with Gasteiger partial charge in [0.2, 0.25) is 0 Å². The number of urea groups is 1. The molecule has 1 aromatic carbocycles. The van der Waals surface area contributed by atoms with Gasteiger partial charge in [-0.25, -0.2) is 4.79 Å². The van der Waals surface area contributed by atoms with Crippen LogP contribution in [-0.2, 0) is 0 Å².